The smallest absolute Gasteiger partial charge is 0.273 e. The zero-order valence-corrected chi connectivity index (χ0v) is 5.55. The molecule has 1 amide bonds. The minimum Gasteiger partial charge on any atom is -0.361 e. The molecule has 53 valence electrons. The molecule has 1 aromatic rings. The number of nitrogens with one attached hydrogen (secondary N) is 1. The number of carbonyl (C=O) groups excluding carboxylic acids is 1. The van der Waals surface area contributed by atoms with Crippen molar-refractivity contribution in [3.05, 3.63) is 24.4 Å². The summed E-state index contributed by atoms with van der Waals surface area (Å²) in [7, 11) is 1.53. The van der Waals surface area contributed by atoms with E-state index in [9.17, 15) is 4.79 Å². The van der Waals surface area contributed by atoms with Crippen LogP contribution in [0.5, 0.6) is 0 Å². The molecule has 0 spiro atoms. The van der Waals surface area contributed by atoms with Crippen LogP contribution >= 0.6 is 0 Å². The largest absolute Gasteiger partial charge is 0.361 e. The highest BCUT2D eigenvalue weighted by molar-refractivity contribution is 5.91. The molecule has 0 atom stereocenters. The minimum atomic E-state index is -0.265. The molecule has 0 saturated carbocycles. The van der Waals surface area contributed by atoms with Crippen molar-refractivity contribution >= 4 is 5.91 Å². The summed E-state index contributed by atoms with van der Waals surface area (Å²) in [5.74, 6) is 0.122. The van der Waals surface area contributed by atoms with Crippen LogP contribution in [-0.4, -0.2) is 18.1 Å². The van der Waals surface area contributed by atoms with Crippen LogP contribution in [0.25, 0.3) is 0 Å². The first-order valence-corrected chi connectivity index (χ1v) is 2.75. The van der Waals surface area contributed by atoms with Crippen LogP contribution in [0.15, 0.2) is 10.6 Å². The van der Waals surface area contributed by atoms with Gasteiger partial charge in [-0.2, -0.15) is 0 Å². The van der Waals surface area contributed by atoms with E-state index in [1.807, 2.05) is 0 Å². The molecule has 1 radical (unpaired) electrons. The standard InChI is InChI=1S/C6H7N2O2/c1-4-3-5(8-10-4)6(9)7-2/h3H,1H2,2H3,(H,7,9). The molecule has 0 unspecified atom stereocenters. The van der Waals surface area contributed by atoms with Gasteiger partial charge in [0.15, 0.2) is 5.69 Å². The Kier molecular flexibility index (Phi) is 1.71. The molecule has 1 rings (SSSR count). The number of rotatable bonds is 1. The van der Waals surface area contributed by atoms with Crippen LogP contribution in [-0.2, 0) is 0 Å². The normalized spacial score (nSPS) is 9.40. The summed E-state index contributed by atoms with van der Waals surface area (Å²) < 4.78 is 4.57. The molecule has 0 aliphatic rings. The lowest BCUT2D eigenvalue weighted by Crippen LogP contribution is -2.17. The first-order chi connectivity index (χ1) is 4.74. The number of aromatic nitrogens is 1. The third kappa shape index (κ3) is 1.15. The lowest BCUT2D eigenvalue weighted by atomic mass is 10.4. The zero-order valence-electron chi connectivity index (χ0n) is 5.55. The van der Waals surface area contributed by atoms with Gasteiger partial charge in [0.2, 0.25) is 0 Å². The van der Waals surface area contributed by atoms with E-state index in [4.69, 9.17) is 0 Å². The summed E-state index contributed by atoms with van der Waals surface area (Å²) in [5, 5.41) is 5.84. The Labute approximate surface area is 58.2 Å². The highest BCUT2D eigenvalue weighted by atomic mass is 16.5. The van der Waals surface area contributed by atoms with E-state index in [1.165, 1.54) is 13.1 Å². The van der Waals surface area contributed by atoms with Crippen molar-refractivity contribution in [2.45, 2.75) is 0 Å². The van der Waals surface area contributed by atoms with E-state index < -0.39 is 0 Å². The molecular formula is C6H7N2O2. The van der Waals surface area contributed by atoms with Gasteiger partial charge in [0.05, 0.1) is 0 Å². The van der Waals surface area contributed by atoms with Gasteiger partial charge in [-0.15, -0.1) is 0 Å². The molecule has 1 heterocycles. The molecule has 0 aliphatic carbocycles. The molecule has 4 heteroatoms. The van der Waals surface area contributed by atoms with Crippen molar-refractivity contribution in [3.63, 3.8) is 0 Å². The molecule has 0 saturated heterocycles. The fraction of sp³-hybridized carbons (Fsp3) is 0.167. The number of hydrogen-bond acceptors (Lipinski definition) is 3. The average molecular weight is 139 g/mol. The molecule has 10 heavy (non-hydrogen) atoms. The van der Waals surface area contributed by atoms with Gasteiger partial charge in [-0.1, -0.05) is 5.16 Å². The van der Waals surface area contributed by atoms with Crippen molar-refractivity contribution < 1.29 is 9.32 Å². The van der Waals surface area contributed by atoms with E-state index >= 15 is 0 Å². The maximum atomic E-state index is 10.8. The van der Waals surface area contributed by atoms with E-state index in [0.717, 1.165) is 0 Å². The van der Waals surface area contributed by atoms with Gasteiger partial charge in [0.25, 0.3) is 5.91 Å². The van der Waals surface area contributed by atoms with Crippen molar-refractivity contribution in [2.75, 3.05) is 7.05 Å². The molecular weight excluding hydrogens is 132 g/mol. The monoisotopic (exact) mass is 139 g/mol. The summed E-state index contributed by atoms with van der Waals surface area (Å²) in [4.78, 5) is 10.8. The van der Waals surface area contributed by atoms with E-state index in [0.29, 0.717) is 5.76 Å². The van der Waals surface area contributed by atoms with Crippen LogP contribution in [0.1, 0.15) is 16.2 Å². The lowest BCUT2D eigenvalue weighted by molar-refractivity contribution is 0.0954. The second-order valence-electron chi connectivity index (χ2n) is 1.76. The van der Waals surface area contributed by atoms with Gasteiger partial charge in [-0.3, -0.25) is 4.79 Å². The summed E-state index contributed by atoms with van der Waals surface area (Å²) in [6.07, 6.45) is 0. The van der Waals surface area contributed by atoms with Crippen molar-refractivity contribution in [2.24, 2.45) is 0 Å². The number of amides is 1. The van der Waals surface area contributed by atoms with Crippen LogP contribution in [0, 0.1) is 6.92 Å². The van der Waals surface area contributed by atoms with Gasteiger partial charge in [0.1, 0.15) is 5.76 Å². The molecule has 4 nitrogen and oxygen atoms in total. The summed E-state index contributed by atoms with van der Waals surface area (Å²) >= 11 is 0. The second kappa shape index (κ2) is 2.51. The van der Waals surface area contributed by atoms with Gasteiger partial charge < -0.3 is 9.84 Å². The van der Waals surface area contributed by atoms with Crippen LogP contribution in [0.2, 0.25) is 0 Å². The van der Waals surface area contributed by atoms with Crippen molar-refractivity contribution in [3.8, 4) is 0 Å². The van der Waals surface area contributed by atoms with Gasteiger partial charge in [-0.25, -0.2) is 0 Å². The quantitative estimate of drug-likeness (QED) is 0.605. The van der Waals surface area contributed by atoms with E-state index in [1.54, 1.807) is 0 Å². The Bertz CT molecular complexity index is 242. The van der Waals surface area contributed by atoms with Gasteiger partial charge >= 0.3 is 0 Å². The first-order valence-electron chi connectivity index (χ1n) is 2.75. The predicted molar refractivity (Wildman–Crippen MR) is 34.4 cm³/mol. The summed E-state index contributed by atoms with van der Waals surface area (Å²) in [6, 6.07) is 1.47. The Morgan fingerprint density at radius 2 is 2.60 bits per heavy atom. The summed E-state index contributed by atoms with van der Waals surface area (Å²) in [6.45, 7) is 3.45. The minimum absolute atomic E-state index is 0.257. The Hall–Kier alpha value is -1.32. The number of nitrogens with zero attached hydrogens (tertiary/aromatic N) is 1. The van der Waals surface area contributed by atoms with Gasteiger partial charge in [-0.05, 0) is 0 Å². The van der Waals surface area contributed by atoms with Crippen molar-refractivity contribution in [1.29, 1.82) is 0 Å². The number of carbonyl (C=O) groups is 1. The van der Waals surface area contributed by atoms with E-state index in [-0.39, 0.29) is 11.6 Å². The maximum absolute atomic E-state index is 10.8. The molecule has 0 aliphatic heterocycles. The van der Waals surface area contributed by atoms with Crippen molar-refractivity contribution in [1.82, 2.24) is 10.5 Å². The molecule has 1 N–H and O–H groups in total. The van der Waals surface area contributed by atoms with E-state index in [2.05, 4.69) is 21.9 Å². The average Bonchev–Trinajstić information content (AvgIpc) is 2.34. The maximum Gasteiger partial charge on any atom is 0.273 e. The third-order valence-corrected chi connectivity index (χ3v) is 1.02. The fourth-order valence-corrected chi connectivity index (χ4v) is 0.548. The second-order valence-corrected chi connectivity index (χ2v) is 1.76. The zero-order chi connectivity index (χ0) is 7.56. The SMILES string of the molecule is [CH2]c1cc(C(=O)NC)no1. The van der Waals surface area contributed by atoms with Crippen LogP contribution in [0.3, 0.4) is 0 Å². The highest BCUT2D eigenvalue weighted by Crippen LogP contribution is 1.99. The Morgan fingerprint density at radius 3 is 3.00 bits per heavy atom. The third-order valence-electron chi connectivity index (χ3n) is 1.02. The molecule has 0 aromatic carbocycles. The Morgan fingerprint density at radius 1 is 1.90 bits per heavy atom. The Balaban J connectivity index is 2.85. The topological polar surface area (TPSA) is 55.1 Å². The molecule has 0 bridgehead atoms. The number of hydrogen-bond donors (Lipinski definition) is 1. The molecule has 1 aromatic heterocycles. The van der Waals surface area contributed by atoms with Gasteiger partial charge in [0, 0.05) is 20.0 Å². The van der Waals surface area contributed by atoms with Crippen LogP contribution in [0.4, 0.5) is 0 Å². The van der Waals surface area contributed by atoms with Crippen LogP contribution < -0.4 is 5.32 Å². The predicted octanol–water partition coefficient (Wildman–Crippen LogP) is 0.216. The fourth-order valence-electron chi connectivity index (χ4n) is 0.548. The molecule has 0 fully saturated rings. The highest BCUT2D eigenvalue weighted by Gasteiger charge is 2.06. The first kappa shape index (κ1) is 6.80. The lowest BCUT2D eigenvalue weighted by Gasteiger charge is -1.88. The summed E-state index contributed by atoms with van der Waals surface area (Å²) in [5.41, 5.74) is 0.257.